The lowest BCUT2D eigenvalue weighted by Crippen LogP contribution is -2.56. The summed E-state index contributed by atoms with van der Waals surface area (Å²) in [4.78, 5) is 58.0. The van der Waals surface area contributed by atoms with E-state index >= 15 is 0 Å². The highest BCUT2D eigenvalue weighted by molar-refractivity contribution is 6.26. The van der Waals surface area contributed by atoms with E-state index in [1.165, 1.54) is 12.1 Å². The van der Waals surface area contributed by atoms with Crippen LogP contribution in [-0.4, -0.2) is 46.7 Å². The van der Waals surface area contributed by atoms with Gasteiger partial charge in [-0.05, 0) is 45.4 Å². The number of hydrogen-bond acceptors (Lipinski definition) is 6. The summed E-state index contributed by atoms with van der Waals surface area (Å²) in [6, 6.07) is 11.7. The molecule has 3 amide bonds. The van der Waals surface area contributed by atoms with Crippen molar-refractivity contribution in [1.29, 1.82) is 0 Å². The van der Waals surface area contributed by atoms with Crippen LogP contribution in [0.25, 0.3) is 0 Å². The van der Waals surface area contributed by atoms with Crippen LogP contribution in [0, 0.1) is 28.9 Å². The Balaban J connectivity index is 1.56. The van der Waals surface area contributed by atoms with Crippen molar-refractivity contribution in [1.82, 2.24) is 4.90 Å². The third kappa shape index (κ3) is 2.25. The predicted octanol–water partition coefficient (Wildman–Crippen LogP) is 2.75. The number of hydrogen-bond donors (Lipinski definition) is 0. The summed E-state index contributed by atoms with van der Waals surface area (Å²) in [6.07, 6.45) is 1.57. The van der Waals surface area contributed by atoms with Crippen LogP contribution < -0.4 is 9.80 Å². The fourth-order valence-corrected chi connectivity index (χ4v) is 6.94. The van der Waals surface area contributed by atoms with Gasteiger partial charge in [-0.15, -0.1) is 0 Å². The first-order valence-corrected chi connectivity index (χ1v) is 11.7. The number of para-hydroxylation sites is 1. The molecule has 4 heterocycles. The fraction of sp³-hybridized carbons (Fsp3) is 0.400. The van der Waals surface area contributed by atoms with Gasteiger partial charge in [0.1, 0.15) is 5.54 Å². The third-order valence-electron chi connectivity index (χ3n) is 8.18. The largest absolute Gasteiger partial charge is 0.310 e. The van der Waals surface area contributed by atoms with Crippen LogP contribution in [0.2, 0.25) is 0 Å². The SMILES string of the molecule is CCN1C(=O)[C@]2(c3ccccc31)[C@@H]1C(=O)N(c3cccc([N+](=O)[O-])c3C)C(=O)[C@H]1[C@H]1CCCN12. The second-order valence-corrected chi connectivity index (χ2v) is 9.43. The van der Waals surface area contributed by atoms with E-state index < -0.39 is 28.2 Å². The monoisotopic (exact) mass is 460 g/mol. The Kier molecular flexibility index (Phi) is 4.29. The molecule has 2 aromatic carbocycles. The molecule has 2 aromatic rings. The number of nitro benzene ring substituents is 1. The summed E-state index contributed by atoms with van der Waals surface area (Å²) >= 11 is 0. The molecule has 4 aliphatic heterocycles. The average Bonchev–Trinajstić information content (AvgIpc) is 3.52. The van der Waals surface area contributed by atoms with Gasteiger partial charge >= 0.3 is 0 Å². The molecule has 4 aliphatic rings. The first kappa shape index (κ1) is 21.0. The van der Waals surface area contributed by atoms with Crippen LogP contribution in [0.15, 0.2) is 42.5 Å². The normalized spacial score (nSPS) is 29.8. The lowest BCUT2D eigenvalue weighted by molar-refractivity contribution is -0.385. The van der Waals surface area contributed by atoms with Crippen molar-refractivity contribution in [2.45, 2.75) is 38.3 Å². The minimum atomic E-state index is -1.23. The number of rotatable bonds is 3. The van der Waals surface area contributed by atoms with Gasteiger partial charge in [0.15, 0.2) is 0 Å². The molecule has 174 valence electrons. The number of likely N-dealkylation sites (N-methyl/N-ethyl adjacent to an activating group) is 1. The molecule has 0 radical (unpaired) electrons. The Morgan fingerprint density at radius 2 is 1.79 bits per heavy atom. The molecule has 0 aromatic heterocycles. The van der Waals surface area contributed by atoms with E-state index in [0.29, 0.717) is 13.1 Å². The summed E-state index contributed by atoms with van der Waals surface area (Å²) in [5.74, 6) is -2.51. The number of nitrogens with zero attached hydrogens (tertiary/aromatic N) is 4. The van der Waals surface area contributed by atoms with Gasteiger partial charge in [-0.1, -0.05) is 24.3 Å². The maximum Gasteiger partial charge on any atom is 0.274 e. The molecule has 4 atom stereocenters. The molecular weight excluding hydrogens is 436 g/mol. The average molecular weight is 460 g/mol. The van der Waals surface area contributed by atoms with Crippen molar-refractivity contribution in [3.63, 3.8) is 0 Å². The summed E-state index contributed by atoms with van der Waals surface area (Å²) < 4.78 is 0. The van der Waals surface area contributed by atoms with Crippen LogP contribution in [0.5, 0.6) is 0 Å². The Bertz CT molecular complexity index is 1290. The van der Waals surface area contributed by atoms with Gasteiger partial charge in [0, 0.05) is 29.9 Å². The second kappa shape index (κ2) is 6.96. The van der Waals surface area contributed by atoms with Crippen molar-refractivity contribution < 1.29 is 19.3 Å². The van der Waals surface area contributed by atoms with Crippen LogP contribution >= 0.6 is 0 Å². The molecule has 3 saturated heterocycles. The molecule has 1 spiro atoms. The zero-order chi connectivity index (χ0) is 23.9. The summed E-state index contributed by atoms with van der Waals surface area (Å²) in [6.45, 7) is 4.56. The van der Waals surface area contributed by atoms with Gasteiger partial charge in [0.2, 0.25) is 11.8 Å². The van der Waals surface area contributed by atoms with E-state index in [4.69, 9.17) is 0 Å². The summed E-state index contributed by atoms with van der Waals surface area (Å²) in [5.41, 5.74) is 0.678. The quantitative estimate of drug-likeness (QED) is 0.396. The molecule has 3 fully saturated rings. The number of fused-ring (bicyclic) bond motifs is 7. The molecule has 0 N–H and O–H groups in total. The number of imide groups is 1. The van der Waals surface area contributed by atoms with Crippen molar-refractivity contribution in [3.8, 4) is 0 Å². The first-order chi connectivity index (χ1) is 16.4. The molecular formula is C25H24N4O5. The zero-order valence-corrected chi connectivity index (χ0v) is 18.9. The number of amides is 3. The van der Waals surface area contributed by atoms with Gasteiger partial charge in [-0.25, -0.2) is 4.90 Å². The van der Waals surface area contributed by atoms with Crippen molar-refractivity contribution in [3.05, 3.63) is 63.7 Å². The van der Waals surface area contributed by atoms with Gasteiger partial charge in [-0.3, -0.25) is 29.4 Å². The third-order valence-corrected chi connectivity index (χ3v) is 8.18. The number of benzene rings is 2. The highest BCUT2D eigenvalue weighted by atomic mass is 16.6. The number of carbonyl (C=O) groups excluding carboxylic acids is 3. The second-order valence-electron chi connectivity index (χ2n) is 9.43. The number of anilines is 2. The molecule has 9 nitrogen and oxygen atoms in total. The maximum absolute atomic E-state index is 14.1. The highest BCUT2D eigenvalue weighted by Gasteiger charge is 2.75. The van der Waals surface area contributed by atoms with Crippen LogP contribution in [0.4, 0.5) is 17.1 Å². The standard InChI is InChI=1S/C25H24N4O5/c1-3-26-18-9-5-4-8-15(18)25(24(26)32)21-20(19-12-7-13-27(19)25)22(30)28(23(21)31)16-10-6-11-17(14(16)2)29(33)34/h4-6,8-11,19-21H,3,7,12-13H2,1-2H3/t19-,20+,21+,25+/m1/s1. The maximum atomic E-state index is 14.1. The van der Waals surface area contributed by atoms with Crippen molar-refractivity contribution in [2.75, 3.05) is 22.9 Å². The van der Waals surface area contributed by atoms with Crippen molar-refractivity contribution >= 4 is 34.8 Å². The minimum Gasteiger partial charge on any atom is -0.310 e. The van der Waals surface area contributed by atoms with E-state index in [-0.39, 0.29) is 34.8 Å². The molecule has 34 heavy (non-hydrogen) atoms. The van der Waals surface area contributed by atoms with E-state index in [1.54, 1.807) is 17.9 Å². The number of nitro groups is 1. The summed E-state index contributed by atoms with van der Waals surface area (Å²) in [5, 5.41) is 11.5. The Hall–Kier alpha value is -3.59. The summed E-state index contributed by atoms with van der Waals surface area (Å²) in [7, 11) is 0. The van der Waals surface area contributed by atoms with Crippen molar-refractivity contribution in [2.24, 2.45) is 11.8 Å². The molecule has 6 rings (SSSR count). The van der Waals surface area contributed by atoms with Crippen LogP contribution in [0.1, 0.15) is 30.9 Å². The highest BCUT2D eigenvalue weighted by Crippen LogP contribution is 2.62. The van der Waals surface area contributed by atoms with Gasteiger partial charge in [-0.2, -0.15) is 0 Å². The molecule has 0 aliphatic carbocycles. The number of carbonyl (C=O) groups is 3. The first-order valence-electron chi connectivity index (χ1n) is 11.7. The van der Waals surface area contributed by atoms with Gasteiger partial charge in [0.25, 0.3) is 11.6 Å². The van der Waals surface area contributed by atoms with E-state index in [2.05, 4.69) is 4.90 Å². The molecule has 0 bridgehead atoms. The molecule has 0 saturated carbocycles. The Labute approximate surface area is 196 Å². The molecule has 9 heteroatoms. The Morgan fingerprint density at radius 1 is 1.06 bits per heavy atom. The lowest BCUT2D eigenvalue weighted by atomic mass is 9.75. The van der Waals surface area contributed by atoms with Crippen LogP contribution in [0.3, 0.4) is 0 Å². The predicted molar refractivity (Wildman–Crippen MR) is 123 cm³/mol. The van der Waals surface area contributed by atoms with Gasteiger partial charge in [0.05, 0.1) is 28.0 Å². The van der Waals surface area contributed by atoms with E-state index in [1.807, 2.05) is 31.2 Å². The van der Waals surface area contributed by atoms with Crippen LogP contribution in [-0.2, 0) is 19.9 Å². The van der Waals surface area contributed by atoms with E-state index in [0.717, 1.165) is 29.0 Å². The van der Waals surface area contributed by atoms with Gasteiger partial charge < -0.3 is 4.90 Å². The fourth-order valence-electron chi connectivity index (χ4n) is 6.94. The zero-order valence-electron chi connectivity index (χ0n) is 18.9. The molecule has 0 unspecified atom stereocenters. The Morgan fingerprint density at radius 3 is 2.53 bits per heavy atom. The minimum absolute atomic E-state index is 0.146. The lowest BCUT2D eigenvalue weighted by Gasteiger charge is -2.37. The smallest absolute Gasteiger partial charge is 0.274 e. The van der Waals surface area contributed by atoms with E-state index in [9.17, 15) is 24.5 Å². The topological polar surface area (TPSA) is 104 Å².